The van der Waals surface area contributed by atoms with Crippen LogP contribution in [0, 0.1) is 25.2 Å². The summed E-state index contributed by atoms with van der Waals surface area (Å²) in [7, 11) is 0. The van der Waals surface area contributed by atoms with Crippen molar-refractivity contribution in [2.75, 3.05) is 19.6 Å². The lowest BCUT2D eigenvalue weighted by Gasteiger charge is -2.38. The second-order valence-electron chi connectivity index (χ2n) is 8.08. The zero-order valence-electron chi connectivity index (χ0n) is 17.8. The monoisotopic (exact) mass is 397 g/mol. The normalized spacial score (nSPS) is 20.7. The van der Waals surface area contributed by atoms with Crippen LogP contribution in [0.3, 0.4) is 0 Å². The van der Waals surface area contributed by atoms with Gasteiger partial charge in [-0.2, -0.15) is 5.26 Å². The Bertz CT molecular complexity index is 1120. The summed E-state index contributed by atoms with van der Waals surface area (Å²) in [6.45, 7) is 8.80. The number of hydrogen-bond donors (Lipinski definition) is 1. The molecular weight excluding hydrogens is 370 g/mol. The van der Waals surface area contributed by atoms with E-state index < -0.39 is 0 Å². The van der Waals surface area contributed by atoms with Crippen molar-refractivity contribution in [3.05, 3.63) is 99.1 Å². The van der Waals surface area contributed by atoms with Gasteiger partial charge in [0.15, 0.2) is 0 Å². The Labute approximate surface area is 178 Å². The second-order valence-corrected chi connectivity index (χ2v) is 8.08. The Balaban J connectivity index is 1.89. The lowest BCUT2D eigenvalue weighted by molar-refractivity contribution is 0.239. The maximum absolute atomic E-state index is 9.89. The largest absolute Gasteiger partial charge is 0.440 e. The first kappa shape index (κ1) is 20.0. The molecular formula is C26H27N3O. The van der Waals surface area contributed by atoms with Crippen molar-refractivity contribution in [3.63, 3.8) is 0 Å². The van der Waals surface area contributed by atoms with Crippen LogP contribution < -0.4 is 5.73 Å². The highest BCUT2D eigenvalue weighted by atomic mass is 16.5. The molecule has 4 heteroatoms. The average Bonchev–Trinajstić information content (AvgIpc) is 2.73. The molecule has 2 aliphatic rings. The van der Waals surface area contributed by atoms with Crippen LogP contribution in [0.25, 0.3) is 6.08 Å². The third-order valence-corrected chi connectivity index (χ3v) is 5.81. The molecule has 1 atom stereocenters. The van der Waals surface area contributed by atoms with Crippen LogP contribution in [0.5, 0.6) is 0 Å². The third-order valence-electron chi connectivity index (χ3n) is 5.81. The number of hydrogen-bond acceptors (Lipinski definition) is 4. The van der Waals surface area contributed by atoms with Crippen LogP contribution in [0.2, 0.25) is 0 Å². The van der Waals surface area contributed by atoms with E-state index in [0.29, 0.717) is 5.57 Å². The molecule has 0 fully saturated rings. The van der Waals surface area contributed by atoms with Gasteiger partial charge in [0.05, 0.1) is 5.92 Å². The summed E-state index contributed by atoms with van der Waals surface area (Å²) >= 11 is 0. The highest BCUT2D eigenvalue weighted by Crippen LogP contribution is 2.43. The Morgan fingerprint density at radius 1 is 1.13 bits per heavy atom. The molecule has 2 N–H and O–H groups in total. The molecule has 4 nitrogen and oxygen atoms in total. The lowest BCUT2D eigenvalue weighted by Crippen LogP contribution is -2.38. The van der Waals surface area contributed by atoms with Crippen LogP contribution in [-0.2, 0) is 4.74 Å². The first-order valence-electron chi connectivity index (χ1n) is 10.4. The molecule has 30 heavy (non-hydrogen) atoms. The summed E-state index contributed by atoms with van der Waals surface area (Å²) in [6, 6.07) is 19.1. The van der Waals surface area contributed by atoms with E-state index in [-0.39, 0.29) is 11.8 Å². The average molecular weight is 398 g/mol. The number of allylic oxidation sites excluding steroid dienone is 1. The summed E-state index contributed by atoms with van der Waals surface area (Å²) in [5.74, 6) is 0.848. The molecule has 2 heterocycles. The number of rotatable bonds is 3. The van der Waals surface area contributed by atoms with Gasteiger partial charge >= 0.3 is 0 Å². The number of ether oxygens (including phenoxy) is 1. The van der Waals surface area contributed by atoms with Crippen molar-refractivity contribution < 1.29 is 4.74 Å². The molecule has 0 unspecified atom stereocenters. The summed E-state index contributed by atoms with van der Waals surface area (Å²) in [5.41, 5.74) is 13.6. The number of likely N-dealkylation sites (N-methyl/N-ethyl adjacent to an activating group) is 1. The van der Waals surface area contributed by atoms with Crippen molar-refractivity contribution in [3.8, 4) is 6.07 Å². The van der Waals surface area contributed by atoms with Crippen molar-refractivity contribution >= 4 is 6.08 Å². The van der Waals surface area contributed by atoms with Gasteiger partial charge < -0.3 is 10.5 Å². The number of nitriles is 1. The van der Waals surface area contributed by atoms with Gasteiger partial charge in [0, 0.05) is 18.7 Å². The van der Waals surface area contributed by atoms with E-state index >= 15 is 0 Å². The Hall–Kier alpha value is -3.29. The molecule has 0 radical (unpaired) electrons. The second kappa shape index (κ2) is 8.22. The Morgan fingerprint density at radius 3 is 2.53 bits per heavy atom. The quantitative estimate of drug-likeness (QED) is 0.809. The molecule has 0 aromatic heterocycles. The third kappa shape index (κ3) is 3.77. The SMILES string of the molecule is CCN1CC2=C(OC(N)=C(C#N)[C@H]2c2cccc(C)c2)/C(=C\c2cccc(C)c2)C1. The number of nitrogens with two attached hydrogens (primary N) is 1. The maximum Gasteiger partial charge on any atom is 0.205 e. The van der Waals surface area contributed by atoms with Crippen molar-refractivity contribution in [1.29, 1.82) is 5.26 Å². The highest BCUT2D eigenvalue weighted by Gasteiger charge is 2.37. The van der Waals surface area contributed by atoms with Gasteiger partial charge in [-0.25, -0.2) is 0 Å². The predicted molar refractivity (Wildman–Crippen MR) is 120 cm³/mol. The van der Waals surface area contributed by atoms with Crippen molar-refractivity contribution in [2.24, 2.45) is 5.73 Å². The summed E-state index contributed by atoms with van der Waals surface area (Å²) < 4.78 is 6.10. The van der Waals surface area contributed by atoms with Crippen LogP contribution in [0.15, 0.2) is 76.9 Å². The van der Waals surface area contributed by atoms with E-state index in [2.05, 4.69) is 80.3 Å². The lowest BCUT2D eigenvalue weighted by atomic mass is 9.80. The van der Waals surface area contributed by atoms with Crippen LogP contribution in [-0.4, -0.2) is 24.5 Å². The minimum absolute atomic E-state index is 0.186. The minimum Gasteiger partial charge on any atom is -0.440 e. The van der Waals surface area contributed by atoms with E-state index in [1.54, 1.807) is 0 Å². The molecule has 0 aliphatic carbocycles. The fraction of sp³-hybridized carbons (Fsp3) is 0.269. The molecule has 0 saturated carbocycles. The zero-order chi connectivity index (χ0) is 21.3. The smallest absolute Gasteiger partial charge is 0.205 e. The van der Waals surface area contributed by atoms with Gasteiger partial charge in [-0.15, -0.1) is 0 Å². The Morgan fingerprint density at radius 2 is 1.87 bits per heavy atom. The molecule has 152 valence electrons. The van der Waals surface area contributed by atoms with Crippen LogP contribution >= 0.6 is 0 Å². The fourth-order valence-corrected chi connectivity index (χ4v) is 4.36. The minimum atomic E-state index is -0.186. The molecule has 2 aromatic carbocycles. The summed E-state index contributed by atoms with van der Waals surface area (Å²) in [4.78, 5) is 2.38. The van der Waals surface area contributed by atoms with E-state index in [0.717, 1.165) is 53.2 Å². The molecule has 4 rings (SSSR count). The number of benzene rings is 2. The highest BCUT2D eigenvalue weighted by molar-refractivity contribution is 5.63. The van der Waals surface area contributed by atoms with Gasteiger partial charge in [-0.1, -0.05) is 66.6 Å². The van der Waals surface area contributed by atoms with Crippen molar-refractivity contribution in [1.82, 2.24) is 4.90 Å². The van der Waals surface area contributed by atoms with E-state index in [9.17, 15) is 5.26 Å². The zero-order valence-corrected chi connectivity index (χ0v) is 17.8. The summed E-state index contributed by atoms with van der Waals surface area (Å²) in [5, 5.41) is 9.89. The standard InChI is InChI=1S/C26H27N3O/c1-4-29-15-21(13-19-9-5-7-17(2)11-19)25-23(16-29)24(22(14-27)26(28)30-25)20-10-6-8-18(3)12-20/h5-13,24H,4,15-16,28H2,1-3H3/b21-13-/t24-/m1/s1. The van der Waals surface area contributed by atoms with Crippen molar-refractivity contribution in [2.45, 2.75) is 26.7 Å². The van der Waals surface area contributed by atoms with E-state index in [1.165, 1.54) is 5.56 Å². The number of nitrogens with zero attached hydrogens (tertiary/aromatic N) is 2. The molecule has 0 spiro atoms. The topological polar surface area (TPSA) is 62.3 Å². The van der Waals surface area contributed by atoms with E-state index in [1.807, 2.05) is 6.07 Å². The first-order valence-corrected chi connectivity index (χ1v) is 10.4. The molecule has 0 amide bonds. The van der Waals surface area contributed by atoms with Crippen LogP contribution in [0.1, 0.15) is 35.1 Å². The summed E-state index contributed by atoms with van der Waals surface area (Å²) in [6.07, 6.45) is 2.18. The predicted octanol–water partition coefficient (Wildman–Crippen LogP) is 4.78. The first-order chi connectivity index (χ1) is 14.5. The molecule has 0 saturated heterocycles. The molecule has 2 aromatic rings. The fourth-order valence-electron chi connectivity index (χ4n) is 4.36. The molecule has 2 aliphatic heterocycles. The Kier molecular flexibility index (Phi) is 5.48. The van der Waals surface area contributed by atoms with E-state index in [4.69, 9.17) is 10.5 Å². The van der Waals surface area contributed by atoms with Gasteiger partial charge in [0.2, 0.25) is 5.88 Å². The van der Waals surface area contributed by atoms with Gasteiger partial charge in [-0.05, 0) is 43.2 Å². The van der Waals surface area contributed by atoms with Crippen LogP contribution in [0.4, 0.5) is 0 Å². The van der Waals surface area contributed by atoms with Gasteiger partial charge in [-0.3, -0.25) is 4.90 Å². The van der Waals surface area contributed by atoms with Gasteiger partial charge in [0.1, 0.15) is 17.4 Å². The van der Waals surface area contributed by atoms with Gasteiger partial charge in [0.25, 0.3) is 0 Å². The number of aryl methyl sites for hydroxylation is 2. The molecule has 0 bridgehead atoms. The maximum atomic E-state index is 9.89.